The number of nitrogens with one attached hydrogen (secondary N) is 2. The first kappa shape index (κ1) is 13.7. The highest BCUT2D eigenvalue weighted by Gasteiger charge is 2.35. The third kappa shape index (κ3) is 2.87. The predicted molar refractivity (Wildman–Crippen MR) is 64.8 cm³/mol. The van der Waals surface area contributed by atoms with E-state index in [9.17, 15) is 4.79 Å². The number of hydrogen-bond donors (Lipinski definition) is 2. The molecule has 5 heteroatoms. The molecule has 4 nitrogen and oxygen atoms in total. The Bertz CT molecular complexity index is 250. The molecule has 2 N–H and O–H groups in total. The van der Waals surface area contributed by atoms with Crippen LogP contribution in [0.15, 0.2) is 0 Å². The molecule has 2 unspecified atom stereocenters. The topological polar surface area (TPSA) is 50.4 Å². The van der Waals surface area contributed by atoms with Crippen molar-refractivity contribution in [2.24, 2.45) is 11.8 Å². The van der Waals surface area contributed by atoms with Crippen molar-refractivity contribution in [3.8, 4) is 0 Å². The summed E-state index contributed by atoms with van der Waals surface area (Å²) in [6, 6.07) is 0. The van der Waals surface area contributed by atoms with Crippen molar-refractivity contribution in [1.82, 2.24) is 10.6 Å². The van der Waals surface area contributed by atoms with E-state index in [2.05, 4.69) is 17.6 Å². The van der Waals surface area contributed by atoms with Gasteiger partial charge >= 0.3 is 0 Å². The summed E-state index contributed by atoms with van der Waals surface area (Å²) in [5, 5.41) is 6.31. The van der Waals surface area contributed by atoms with Gasteiger partial charge in [0.05, 0.1) is 12.1 Å². The van der Waals surface area contributed by atoms with Crippen LogP contribution in [0.1, 0.15) is 20.3 Å². The molecule has 2 aliphatic heterocycles. The molecule has 0 aromatic rings. The molecule has 94 valence electrons. The maximum Gasteiger partial charge on any atom is 0.223 e. The van der Waals surface area contributed by atoms with Gasteiger partial charge < -0.3 is 15.4 Å². The number of carbonyl (C=O) groups is 1. The van der Waals surface area contributed by atoms with Gasteiger partial charge in [-0.1, -0.05) is 6.92 Å². The van der Waals surface area contributed by atoms with Gasteiger partial charge in [0.1, 0.15) is 0 Å². The molecule has 0 aliphatic carbocycles. The summed E-state index contributed by atoms with van der Waals surface area (Å²) in [5.74, 6) is 0.800. The van der Waals surface area contributed by atoms with Crippen LogP contribution in [0.4, 0.5) is 0 Å². The highest BCUT2D eigenvalue weighted by Crippen LogP contribution is 2.21. The van der Waals surface area contributed by atoms with Crippen molar-refractivity contribution in [1.29, 1.82) is 0 Å². The number of carbonyl (C=O) groups excluding carboxylic acids is 1. The molecule has 2 fully saturated rings. The van der Waals surface area contributed by atoms with E-state index in [1.165, 1.54) is 0 Å². The van der Waals surface area contributed by atoms with Crippen LogP contribution in [0.5, 0.6) is 0 Å². The molecule has 0 saturated carbocycles. The Balaban J connectivity index is 0.00000128. The van der Waals surface area contributed by atoms with E-state index < -0.39 is 0 Å². The Morgan fingerprint density at radius 1 is 1.56 bits per heavy atom. The number of halogens is 1. The van der Waals surface area contributed by atoms with Gasteiger partial charge in [0.15, 0.2) is 0 Å². The fraction of sp³-hybridized carbons (Fsp3) is 0.909. The van der Waals surface area contributed by atoms with Gasteiger partial charge in [0.25, 0.3) is 0 Å². The Hall–Kier alpha value is -0.320. The maximum absolute atomic E-state index is 11.9. The summed E-state index contributed by atoms with van der Waals surface area (Å²) in [6.07, 6.45) is 0.925. The Morgan fingerprint density at radius 3 is 2.69 bits per heavy atom. The van der Waals surface area contributed by atoms with Crippen molar-refractivity contribution < 1.29 is 9.53 Å². The third-order valence-corrected chi connectivity index (χ3v) is 3.58. The standard InChI is InChI=1S/C11H20N2O2.ClH/c1-8(9-5-12-6-9)10(14)13-11(2)3-4-15-7-11;/h8-9,12H,3-7H2,1-2H3,(H,13,14);1H. The zero-order chi connectivity index (χ0) is 10.9. The van der Waals surface area contributed by atoms with Crippen LogP contribution in [0.3, 0.4) is 0 Å². The maximum atomic E-state index is 11.9. The summed E-state index contributed by atoms with van der Waals surface area (Å²) in [4.78, 5) is 11.9. The fourth-order valence-electron chi connectivity index (χ4n) is 2.06. The average molecular weight is 249 g/mol. The van der Waals surface area contributed by atoms with E-state index in [1.54, 1.807) is 0 Å². The zero-order valence-corrected chi connectivity index (χ0v) is 10.7. The first-order valence-electron chi connectivity index (χ1n) is 5.71. The summed E-state index contributed by atoms with van der Waals surface area (Å²) in [7, 11) is 0. The number of rotatable bonds is 3. The Morgan fingerprint density at radius 2 is 2.25 bits per heavy atom. The van der Waals surface area contributed by atoms with E-state index in [1.807, 2.05) is 6.92 Å². The van der Waals surface area contributed by atoms with Gasteiger partial charge in [0.2, 0.25) is 5.91 Å². The molecule has 16 heavy (non-hydrogen) atoms. The van der Waals surface area contributed by atoms with Crippen molar-refractivity contribution >= 4 is 18.3 Å². The van der Waals surface area contributed by atoms with Crippen LogP contribution in [0.25, 0.3) is 0 Å². The van der Waals surface area contributed by atoms with E-state index >= 15 is 0 Å². The lowest BCUT2D eigenvalue weighted by molar-refractivity contribution is -0.128. The number of ether oxygens (including phenoxy) is 1. The van der Waals surface area contributed by atoms with Gasteiger partial charge in [0, 0.05) is 12.5 Å². The second kappa shape index (κ2) is 5.34. The van der Waals surface area contributed by atoms with Crippen LogP contribution in [0.2, 0.25) is 0 Å². The van der Waals surface area contributed by atoms with E-state index in [0.717, 1.165) is 26.1 Å². The van der Waals surface area contributed by atoms with E-state index in [4.69, 9.17) is 4.74 Å². The van der Waals surface area contributed by atoms with Gasteiger partial charge in [-0.15, -0.1) is 12.4 Å². The molecule has 0 radical (unpaired) electrons. The lowest BCUT2D eigenvalue weighted by Gasteiger charge is -2.34. The predicted octanol–water partition coefficient (Wildman–Crippen LogP) is 0.559. The number of amides is 1. The lowest BCUT2D eigenvalue weighted by Crippen LogP contribution is -2.54. The first-order chi connectivity index (χ1) is 7.11. The quantitative estimate of drug-likeness (QED) is 0.768. The smallest absolute Gasteiger partial charge is 0.223 e. The van der Waals surface area contributed by atoms with Crippen LogP contribution >= 0.6 is 12.4 Å². The molecular weight excluding hydrogens is 228 g/mol. The molecule has 0 spiro atoms. The first-order valence-corrected chi connectivity index (χ1v) is 5.71. The van der Waals surface area contributed by atoms with E-state index in [0.29, 0.717) is 12.5 Å². The second-order valence-corrected chi connectivity index (χ2v) is 5.06. The van der Waals surface area contributed by atoms with Gasteiger partial charge in [-0.05, 0) is 32.4 Å². The molecule has 1 amide bonds. The van der Waals surface area contributed by atoms with Crippen molar-refractivity contribution in [2.75, 3.05) is 26.3 Å². The Labute approximate surface area is 103 Å². The molecule has 2 heterocycles. The summed E-state index contributed by atoms with van der Waals surface area (Å²) < 4.78 is 5.31. The largest absolute Gasteiger partial charge is 0.379 e. The highest BCUT2D eigenvalue weighted by molar-refractivity contribution is 5.85. The second-order valence-electron chi connectivity index (χ2n) is 5.06. The summed E-state index contributed by atoms with van der Waals surface area (Å²) >= 11 is 0. The molecule has 2 atom stereocenters. The fourth-order valence-corrected chi connectivity index (χ4v) is 2.06. The number of hydrogen-bond acceptors (Lipinski definition) is 3. The van der Waals surface area contributed by atoms with Crippen molar-refractivity contribution in [3.05, 3.63) is 0 Å². The normalized spacial score (nSPS) is 31.4. The molecule has 0 aromatic heterocycles. The molecule has 2 saturated heterocycles. The molecule has 2 rings (SSSR count). The molecular formula is C11H21ClN2O2. The van der Waals surface area contributed by atoms with E-state index in [-0.39, 0.29) is 29.8 Å². The van der Waals surface area contributed by atoms with Crippen LogP contribution in [0, 0.1) is 11.8 Å². The molecule has 0 aromatic carbocycles. The molecule has 0 bridgehead atoms. The summed E-state index contributed by atoms with van der Waals surface area (Å²) in [6.45, 7) is 7.43. The molecule has 2 aliphatic rings. The zero-order valence-electron chi connectivity index (χ0n) is 9.91. The van der Waals surface area contributed by atoms with Crippen LogP contribution < -0.4 is 10.6 Å². The lowest BCUT2D eigenvalue weighted by atomic mass is 9.87. The minimum absolute atomic E-state index is 0. The third-order valence-electron chi connectivity index (χ3n) is 3.58. The highest BCUT2D eigenvalue weighted by atomic mass is 35.5. The van der Waals surface area contributed by atoms with Gasteiger partial charge in [-0.25, -0.2) is 0 Å². The summed E-state index contributed by atoms with van der Waals surface area (Å²) in [5.41, 5.74) is -0.136. The van der Waals surface area contributed by atoms with Crippen LogP contribution in [-0.4, -0.2) is 37.7 Å². The average Bonchev–Trinajstić information content (AvgIpc) is 2.48. The van der Waals surface area contributed by atoms with Gasteiger partial charge in [-0.3, -0.25) is 4.79 Å². The van der Waals surface area contributed by atoms with Crippen LogP contribution in [-0.2, 0) is 9.53 Å². The minimum atomic E-state index is -0.136. The monoisotopic (exact) mass is 248 g/mol. The minimum Gasteiger partial charge on any atom is -0.379 e. The SMILES string of the molecule is CC(C(=O)NC1(C)CCOC1)C1CNC1.Cl. The van der Waals surface area contributed by atoms with Gasteiger partial charge in [-0.2, -0.15) is 0 Å². The Kier molecular flexibility index (Phi) is 4.59. The van der Waals surface area contributed by atoms with Crippen molar-refractivity contribution in [3.63, 3.8) is 0 Å². The van der Waals surface area contributed by atoms with Crippen molar-refractivity contribution in [2.45, 2.75) is 25.8 Å².